The minimum Gasteiger partial charge on any atom is -0.381 e. The second-order valence-electron chi connectivity index (χ2n) is 6.47. The first-order valence-corrected chi connectivity index (χ1v) is 8.77. The molecular weight excluding hydrogens is 335 g/mol. The second kappa shape index (κ2) is 7.25. The topological polar surface area (TPSA) is 102 Å². The van der Waals surface area contributed by atoms with Gasteiger partial charge in [-0.1, -0.05) is 0 Å². The SMILES string of the molecule is Nc1nc(NCCCc2nc3ccc(F)cc3[nH]2)cc(C2CCOC2)n1. The average Bonchev–Trinajstić information content (AvgIpc) is 3.27. The Labute approximate surface area is 150 Å². The number of hydrogen-bond acceptors (Lipinski definition) is 6. The Balaban J connectivity index is 1.34. The van der Waals surface area contributed by atoms with Gasteiger partial charge >= 0.3 is 0 Å². The van der Waals surface area contributed by atoms with Gasteiger partial charge in [-0.2, -0.15) is 4.98 Å². The van der Waals surface area contributed by atoms with Crippen LogP contribution in [0.15, 0.2) is 24.3 Å². The number of aromatic nitrogens is 4. The highest BCUT2D eigenvalue weighted by molar-refractivity contribution is 5.74. The molecule has 1 aliphatic heterocycles. The number of ether oxygens (including phenoxy) is 1. The third-order valence-corrected chi connectivity index (χ3v) is 4.50. The molecule has 0 aliphatic carbocycles. The average molecular weight is 356 g/mol. The van der Waals surface area contributed by atoms with E-state index in [1.165, 1.54) is 12.1 Å². The highest BCUT2D eigenvalue weighted by atomic mass is 19.1. The molecular formula is C18H21FN6O. The van der Waals surface area contributed by atoms with Crippen LogP contribution in [0.25, 0.3) is 11.0 Å². The number of hydrogen-bond donors (Lipinski definition) is 3. The third-order valence-electron chi connectivity index (χ3n) is 4.50. The number of rotatable bonds is 6. The Morgan fingerprint density at radius 1 is 1.27 bits per heavy atom. The number of fused-ring (bicyclic) bond motifs is 1. The Kier molecular flexibility index (Phi) is 4.66. The molecule has 136 valence electrons. The zero-order chi connectivity index (χ0) is 17.9. The fraction of sp³-hybridized carbons (Fsp3) is 0.389. The van der Waals surface area contributed by atoms with Crippen LogP contribution in [-0.2, 0) is 11.2 Å². The van der Waals surface area contributed by atoms with Crippen LogP contribution in [0.4, 0.5) is 16.2 Å². The van der Waals surface area contributed by atoms with E-state index in [4.69, 9.17) is 10.5 Å². The van der Waals surface area contributed by atoms with E-state index >= 15 is 0 Å². The van der Waals surface area contributed by atoms with Gasteiger partial charge in [0.2, 0.25) is 5.95 Å². The van der Waals surface area contributed by atoms with Crippen molar-refractivity contribution >= 4 is 22.8 Å². The molecule has 4 N–H and O–H groups in total. The first-order valence-electron chi connectivity index (χ1n) is 8.77. The van der Waals surface area contributed by atoms with Gasteiger partial charge in [-0.15, -0.1) is 0 Å². The minimum atomic E-state index is -0.265. The zero-order valence-electron chi connectivity index (χ0n) is 14.3. The van der Waals surface area contributed by atoms with E-state index in [0.29, 0.717) is 6.61 Å². The highest BCUT2D eigenvalue weighted by Gasteiger charge is 2.20. The van der Waals surface area contributed by atoms with Gasteiger partial charge in [0, 0.05) is 31.6 Å². The maximum absolute atomic E-state index is 13.2. The van der Waals surface area contributed by atoms with Gasteiger partial charge in [0.1, 0.15) is 17.5 Å². The molecule has 0 amide bonds. The molecule has 1 atom stereocenters. The Morgan fingerprint density at radius 3 is 3.04 bits per heavy atom. The summed E-state index contributed by atoms with van der Waals surface area (Å²) in [5.74, 6) is 1.87. The number of nitrogen functional groups attached to an aromatic ring is 1. The van der Waals surface area contributed by atoms with E-state index in [1.807, 2.05) is 6.07 Å². The van der Waals surface area contributed by atoms with Gasteiger partial charge in [0.25, 0.3) is 0 Å². The van der Waals surface area contributed by atoms with Crippen LogP contribution >= 0.6 is 0 Å². The summed E-state index contributed by atoms with van der Waals surface area (Å²) in [6.07, 6.45) is 2.57. The lowest BCUT2D eigenvalue weighted by Crippen LogP contribution is -2.10. The lowest BCUT2D eigenvalue weighted by Gasteiger charge is -2.11. The predicted octanol–water partition coefficient (Wildman–Crippen LogP) is 2.62. The Morgan fingerprint density at radius 2 is 2.19 bits per heavy atom. The normalized spacial score (nSPS) is 17.0. The number of halogens is 1. The van der Waals surface area contributed by atoms with E-state index in [1.54, 1.807) is 6.07 Å². The molecule has 1 unspecified atom stereocenters. The number of nitrogens with two attached hydrogens (primary N) is 1. The standard InChI is InChI=1S/C18H21FN6O/c19-12-3-4-13-15(8-12)23-16(22-13)2-1-6-21-17-9-14(24-18(20)25-17)11-5-7-26-10-11/h3-4,8-9,11H,1-2,5-7,10H2,(H,22,23)(H3,20,21,24,25). The zero-order valence-corrected chi connectivity index (χ0v) is 14.3. The van der Waals surface area contributed by atoms with E-state index < -0.39 is 0 Å². The summed E-state index contributed by atoms with van der Waals surface area (Å²) in [6.45, 7) is 2.17. The second-order valence-corrected chi connectivity index (χ2v) is 6.47. The van der Waals surface area contributed by atoms with Gasteiger partial charge in [-0.05, 0) is 31.0 Å². The van der Waals surface area contributed by atoms with Gasteiger partial charge in [0.05, 0.1) is 23.3 Å². The van der Waals surface area contributed by atoms with Crippen molar-refractivity contribution in [2.45, 2.75) is 25.2 Å². The van der Waals surface area contributed by atoms with Crippen molar-refractivity contribution in [2.75, 3.05) is 30.8 Å². The van der Waals surface area contributed by atoms with Gasteiger partial charge in [-0.25, -0.2) is 14.4 Å². The van der Waals surface area contributed by atoms with Crippen LogP contribution in [0.5, 0.6) is 0 Å². The molecule has 1 saturated heterocycles. The fourth-order valence-corrected chi connectivity index (χ4v) is 3.18. The molecule has 0 bridgehead atoms. The van der Waals surface area contributed by atoms with Gasteiger partial charge in [-0.3, -0.25) is 0 Å². The molecule has 1 aliphatic rings. The van der Waals surface area contributed by atoms with Crippen LogP contribution < -0.4 is 11.1 Å². The van der Waals surface area contributed by atoms with Crippen molar-refractivity contribution in [1.82, 2.24) is 19.9 Å². The Hall–Kier alpha value is -2.74. The maximum atomic E-state index is 13.2. The number of benzene rings is 1. The summed E-state index contributed by atoms with van der Waals surface area (Å²) in [5, 5.41) is 3.29. The quantitative estimate of drug-likeness (QED) is 0.587. The maximum Gasteiger partial charge on any atom is 0.222 e. The summed E-state index contributed by atoms with van der Waals surface area (Å²) in [5.41, 5.74) is 8.26. The van der Waals surface area contributed by atoms with E-state index in [9.17, 15) is 4.39 Å². The smallest absolute Gasteiger partial charge is 0.222 e. The van der Waals surface area contributed by atoms with Crippen LogP contribution in [0.3, 0.4) is 0 Å². The number of nitrogens with one attached hydrogen (secondary N) is 2. The summed E-state index contributed by atoms with van der Waals surface area (Å²) < 4.78 is 18.6. The van der Waals surface area contributed by atoms with Crippen molar-refractivity contribution in [2.24, 2.45) is 0 Å². The van der Waals surface area contributed by atoms with E-state index in [-0.39, 0.29) is 17.7 Å². The minimum absolute atomic E-state index is 0.265. The van der Waals surface area contributed by atoms with Crippen LogP contribution in [0, 0.1) is 5.82 Å². The molecule has 3 aromatic rings. The van der Waals surface area contributed by atoms with E-state index in [2.05, 4.69) is 25.3 Å². The summed E-state index contributed by atoms with van der Waals surface area (Å²) in [6, 6.07) is 6.50. The molecule has 7 nitrogen and oxygen atoms in total. The van der Waals surface area contributed by atoms with Crippen molar-refractivity contribution in [3.05, 3.63) is 41.6 Å². The summed E-state index contributed by atoms with van der Waals surface area (Å²) >= 11 is 0. The molecule has 26 heavy (non-hydrogen) atoms. The van der Waals surface area contributed by atoms with Crippen LogP contribution in [0.2, 0.25) is 0 Å². The van der Waals surface area contributed by atoms with E-state index in [0.717, 1.165) is 60.8 Å². The molecule has 8 heteroatoms. The molecule has 2 aromatic heterocycles. The third kappa shape index (κ3) is 3.75. The first-order chi connectivity index (χ1) is 12.7. The molecule has 1 fully saturated rings. The lowest BCUT2D eigenvalue weighted by atomic mass is 10.0. The first kappa shape index (κ1) is 16.7. The van der Waals surface area contributed by atoms with Crippen molar-refractivity contribution in [1.29, 1.82) is 0 Å². The summed E-state index contributed by atoms with van der Waals surface area (Å²) in [4.78, 5) is 16.2. The number of nitrogens with zero attached hydrogens (tertiary/aromatic N) is 3. The number of imidazole rings is 1. The number of aromatic amines is 1. The van der Waals surface area contributed by atoms with Gasteiger partial charge < -0.3 is 20.8 Å². The summed E-state index contributed by atoms with van der Waals surface area (Å²) in [7, 11) is 0. The van der Waals surface area contributed by atoms with Crippen molar-refractivity contribution < 1.29 is 9.13 Å². The van der Waals surface area contributed by atoms with Crippen LogP contribution in [-0.4, -0.2) is 39.7 Å². The molecule has 1 aromatic carbocycles. The number of aryl methyl sites for hydroxylation is 1. The van der Waals surface area contributed by atoms with Crippen molar-refractivity contribution in [3.63, 3.8) is 0 Å². The molecule has 0 radical (unpaired) electrons. The largest absolute Gasteiger partial charge is 0.381 e. The molecule has 0 saturated carbocycles. The Bertz CT molecular complexity index is 906. The number of H-pyrrole nitrogens is 1. The molecule has 4 rings (SSSR count). The highest BCUT2D eigenvalue weighted by Crippen LogP contribution is 2.25. The fourth-order valence-electron chi connectivity index (χ4n) is 3.18. The van der Waals surface area contributed by atoms with Gasteiger partial charge in [0.15, 0.2) is 0 Å². The number of anilines is 2. The van der Waals surface area contributed by atoms with Crippen molar-refractivity contribution in [3.8, 4) is 0 Å². The lowest BCUT2D eigenvalue weighted by molar-refractivity contribution is 0.193. The monoisotopic (exact) mass is 356 g/mol. The van der Waals surface area contributed by atoms with Crippen LogP contribution in [0.1, 0.15) is 30.3 Å². The molecule has 0 spiro atoms. The molecule has 3 heterocycles. The predicted molar refractivity (Wildman–Crippen MR) is 97.5 cm³/mol.